The Bertz CT molecular complexity index is 1180. The second kappa shape index (κ2) is 10.8. The zero-order valence-electron chi connectivity index (χ0n) is 18.6. The van der Waals surface area contributed by atoms with E-state index in [1.54, 1.807) is 18.2 Å². The van der Waals surface area contributed by atoms with Crippen LogP contribution in [0.4, 0.5) is 5.69 Å². The molecule has 0 spiro atoms. The van der Waals surface area contributed by atoms with E-state index in [-0.39, 0.29) is 32.8 Å². The molecular formula is C25H25Cl2N3O3S. The van der Waals surface area contributed by atoms with E-state index in [0.717, 1.165) is 49.2 Å². The Morgan fingerprint density at radius 1 is 1.12 bits per heavy atom. The van der Waals surface area contributed by atoms with Crippen LogP contribution in [0.5, 0.6) is 5.75 Å². The third-order valence-corrected chi connectivity index (χ3v) is 7.58. The number of hydrogen-bond acceptors (Lipinski definition) is 5. The molecule has 4 rings (SSSR count). The molecular weight excluding hydrogens is 493 g/mol. The molecule has 3 aromatic rings. The van der Waals surface area contributed by atoms with Crippen LogP contribution in [0.1, 0.15) is 59.8 Å². The molecule has 1 heterocycles. The maximum absolute atomic E-state index is 13.9. The van der Waals surface area contributed by atoms with Gasteiger partial charge in [0.15, 0.2) is 5.69 Å². The van der Waals surface area contributed by atoms with Crippen molar-refractivity contribution in [3.8, 4) is 5.75 Å². The van der Waals surface area contributed by atoms with Gasteiger partial charge in [-0.2, -0.15) is 4.37 Å². The normalized spacial score (nSPS) is 15.0. The Labute approximate surface area is 212 Å². The second-order valence-electron chi connectivity index (χ2n) is 8.47. The predicted molar refractivity (Wildman–Crippen MR) is 136 cm³/mol. The zero-order valence-corrected chi connectivity index (χ0v) is 21.0. The maximum atomic E-state index is 13.9. The van der Waals surface area contributed by atoms with E-state index in [1.807, 2.05) is 25.1 Å². The summed E-state index contributed by atoms with van der Waals surface area (Å²) in [5.74, 6) is -0.765. The molecule has 34 heavy (non-hydrogen) atoms. The van der Waals surface area contributed by atoms with Gasteiger partial charge in [0, 0.05) is 11.7 Å². The number of hydrogen-bond donors (Lipinski definition) is 2. The first-order valence-corrected chi connectivity index (χ1v) is 12.7. The van der Waals surface area contributed by atoms with Crippen LogP contribution < -0.4 is 10.2 Å². The number of benzene rings is 2. The Balaban J connectivity index is 1.82. The van der Waals surface area contributed by atoms with Crippen LogP contribution in [-0.4, -0.2) is 27.3 Å². The number of aryl methyl sites for hydroxylation is 1. The van der Waals surface area contributed by atoms with Gasteiger partial charge in [-0.15, -0.1) is 0 Å². The molecule has 2 amide bonds. The fourth-order valence-electron chi connectivity index (χ4n) is 4.27. The fraction of sp³-hybridized carbons (Fsp3) is 0.320. The summed E-state index contributed by atoms with van der Waals surface area (Å²) in [5.41, 5.74) is 2.00. The highest BCUT2D eigenvalue weighted by Gasteiger charge is 2.36. The van der Waals surface area contributed by atoms with Crippen molar-refractivity contribution in [2.75, 3.05) is 4.90 Å². The predicted octanol–water partition coefficient (Wildman–Crippen LogP) is 6.30. The van der Waals surface area contributed by atoms with E-state index >= 15 is 0 Å². The van der Waals surface area contributed by atoms with Gasteiger partial charge in [-0.25, -0.2) is 0 Å². The van der Waals surface area contributed by atoms with Crippen molar-refractivity contribution in [1.29, 1.82) is 0 Å². The number of carbonyl (C=O) groups is 2. The van der Waals surface area contributed by atoms with Gasteiger partial charge < -0.3 is 10.4 Å². The number of nitrogens with zero attached hydrogens (tertiary/aromatic N) is 2. The third-order valence-electron chi connectivity index (χ3n) is 5.97. The number of carbonyl (C=O) groups excluding carboxylic acids is 2. The van der Waals surface area contributed by atoms with E-state index in [9.17, 15) is 14.7 Å². The Hall–Kier alpha value is -2.61. The van der Waals surface area contributed by atoms with Gasteiger partial charge in [0.1, 0.15) is 21.2 Å². The van der Waals surface area contributed by atoms with Crippen LogP contribution in [0.2, 0.25) is 9.36 Å². The minimum Gasteiger partial charge on any atom is -0.508 e. The Morgan fingerprint density at radius 2 is 1.82 bits per heavy atom. The average Bonchev–Trinajstić information content (AvgIpc) is 3.16. The van der Waals surface area contributed by atoms with E-state index < -0.39 is 11.9 Å². The van der Waals surface area contributed by atoms with Crippen molar-refractivity contribution in [3.05, 3.63) is 74.7 Å². The van der Waals surface area contributed by atoms with Crippen LogP contribution in [0.15, 0.2) is 48.5 Å². The van der Waals surface area contributed by atoms with Crippen molar-refractivity contribution < 1.29 is 14.7 Å². The molecule has 2 N–H and O–H groups in total. The smallest absolute Gasteiger partial charge is 0.280 e. The van der Waals surface area contributed by atoms with Crippen LogP contribution in [0, 0.1) is 6.92 Å². The lowest BCUT2D eigenvalue weighted by Crippen LogP contribution is -2.47. The molecule has 1 aromatic heterocycles. The molecule has 0 bridgehead atoms. The summed E-state index contributed by atoms with van der Waals surface area (Å²) in [5, 5.41) is 13.0. The highest BCUT2D eigenvalue weighted by atomic mass is 35.5. The van der Waals surface area contributed by atoms with Crippen molar-refractivity contribution in [2.45, 2.75) is 51.1 Å². The van der Waals surface area contributed by atoms with Crippen LogP contribution in [-0.2, 0) is 4.79 Å². The largest absolute Gasteiger partial charge is 0.508 e. The summed E-state index contributed by atoms with van der Waals surface area (Å²) >= 11 is 13.3. The summed E-state index contributed by atoms with van der Waals surface area (Å²) in [6.45, 7) is 1.91. The van der Waals surface area contributed by atoms with E-state index in [1.165, 1.54) is 17.0 Å². The maximum Gasteiger partial charge on any atom is 0.280 e. The summed E-state index contributed by atoms with van der Waals surface area (Å²) in [6, 6.07) is 12.7. The number of amides is 2. The van der Waals surface area contributed by atoms with Crippen molar-refractivity contribution in [1.82, 2.24) is 9.69 Å². The fourth-order valence-corrected chi connectivity index (χ4v) is 5.26. The van der Waals surface area contributed by atoms with Crippen molar-refractivity contribution in [2.24, 2.45) is 0 Å². The lowest BCUT2D eigenvalue weighted by Gasteiger charge is -2.33. The summed E-state index contributed by atoms with van der Waals surface area (Å²) in [7, 11) is 0. The number of anilines is 1. The standard InChI is InChI=1S/C25H25Cl2N3O3S/c1-15-6-5-9-18(14-15)30(25(33)21-20(26)23(27)34-29-21)22(16-10-12-19(31)13-11-16)24(32)28-17-7-3-2-4-8-17/h5-6,9-14,17,22,31H,2-4,7-8H2,1H3,(H,28,32)/t22-/m1/s1. The van der Waals surface area contributed by atoms with Crippen molar-refractivity contribution >= 4 is 52.2 Å². The van der Waals surface area contributed by atoms with Gasteiger partial charge in [-0.1, -0.05) is 66.7 Å². The molecule has 1 aliphatic rings. The van der Waals surface area contributed by atoms with Crippen LogP contribution in [0.3, 0.4) is 0 Å². The molecule has 0 unspecified atom stereocenters. The highest BCUT2D eigenvalue weighted by Crippen LogP contribution is 2.35. The minimum absolute atomic E-state index is 0.00702. The Kier molecular flexibility index (Phi) is 7.76. The van der Waals surface area contributed by atoms with Gasteiger partial charge in [-0.3, -0.25) is 14.5 Å². The molecule has 178 valence electrons. The van der Waals surface area contributed by atoms with Crippen LogP contribution in [0.25, 0.3) is 0 Å². The molecule has 0 radical (unpaired) electrons. The molecule has 2 aromatic carbocycles. The number of rotatable bonds is 6. The molecule has 9 heteroatoms. The van der Waals surface area contributed by atoms with Crippen molar-refractivity contribution in [3.63, 3.8) is 0 Å². The average molecular weight is 518 g/mol. The number of nitrogens with one attached hydrogen (secondary N) is 1. The quantitative estimate of drug-likeness (QED) is 0.401. The first kappa shape index (κ1) is 24.5. The molecule has 0 saturated heterocycles. The van der Waals surface area contributed by atoms with Gasteiger partial charge in [0.25, 0.3) is 5.91 Å². The number of halogens is 2. The van der Waals surface area contributed by atoms with Crippen LogP contribution >= 0.6 is 34.7 Å². The molecule has 0 aliphatic heterocycles. The summed E-state index contributed by atoms with van der Waals surface area (Å²) in [6.07, 6.45) is 5.08. The molecule has 1 atom stereocenters. The number of aromatic nitrogens is 1. The third kappa shape index (κ3) is 5.37. The van der Waals surface area contributed by atoms with Gasteiger partial charge >= 0.3 is 0 Å². The molecule has 6 nitrogen and oxygen atoms in total. The zero-order chi connectivity index (χ0) is 24.2. The highest BCUT2D eigenvalue weighted by molar-refractivity contribution is 7.11. The topological polar surface area (TPSA) is 82.5 Å². The molecule has 1 aliphatic carbocycles. The monoisotopic (exact) mass is 517 g/mol. The van der Waals surface area contributed by atoms with E-state index in [0.29, 0.717) is 11.3 Å². The van der Waals surface area contributed by atoms with Gasteiger partial charge in [0.05, 0.1) is 0 Å². The summed E-state index contributed by atoms with van der Waals surface area (Å²) in [4.78, 5) is 29.1. The summed E-state index contributed by atoms with van der Waals surface area (Å²) < 4.78 is 4.37. The molecule has 1 saturated carbocycles. The SMILES string of the molecule is Cc1cccc(N(C(=O)c2nsc(Cl)c2Cl)[C@@H](C(=O)NC2CCCCC2)c2ccc(O)cc2)c1. The van der Waals surface area contributed by atoms with Gasteiger partial charge in [0.2, 0.25) is 5.91 Å². The number of phenols is 1. The van der Waals surface area contributed by atoms with Gasteiger partial charge in [-0.05, 0) is 66.7 Å². The lowest BCUT2D eigenvalue weighted by molar-refractivity contribution is -0.123. The Morgan fingerprint density at radius 3 is 2.44 bits per heavy atom. The first-order chi connectivity index (χ1) is 16.3. The van der Waals surface area contributed by atoms with E-state index in [4.69, 9.17) is 23.2 Å². The second-order valence-corrected chi connectivity index (χ2v) is 10.2. The molecule has 1 fully saturated rings. The first-order valence-electron chi connectivity index (χ1n) is 11.2. The lowest BCUT2D eigenvalue weighted by atomic mass is 9.94. The number of phenolic OH excluding ortho intramolecular Hbond substituents is 1. The minimum atomic E-state index is -1.01. The number of aromatic hydroxyl groups is 1. The van der Waals surface area contributed by atoms with E-state index in [2.05, 4.69) is 9.69 Å².